The van der Waals surface area contributed by atoms with E-state index in [1.807, 2.05) is 6.07 Å². The standard InChI is InChI=1S/C28H18F6N2O/c29-27(30,31)21-10-6-18(7-11-21)24(19-8-12-22(13-9-19)28(32,33)34)4-1-5-26(37)36-23-14-15-25-20(17-23)3-2-16-35-25/h1-17H,(H,36,37)/b5-1+. The van der Waals surface area contributed by atoms with Gasteiger partial charge in [-0.05, 0) is 65.2 Å². The maximum absolute atomic E-state index is 13.0. The summed E-state index contributed by atoms with van der Waals surface area (Å²) in [4.78, 5) is 16.6. The molecule has 4 aromatic rings. The van der Waals surface area contributed by atoms with Crippen LogP contribution >= 0.6 is 0 Å². The molecule has 0 radical (unpaired) electrons. The molecule has 1 N–H and O–H groups in total. The van der Waals surface area contributed by atoms with Gasteiger partial charge in [0.25, 0.3) is 0 Å². The maximum atomic E-state index is 13.0. The first-order valence-corrected chi connectivity index (χ1v) is 10.9. The first kappa shape index (κ1) is 25.7. The van der Waals surface area contributed by atoms with Gasteiger partial charge in [0.05, 0.1) is 16.6 Å². The van der Waals surface area contributed by atoms with Crippen molar-refractivity contribution >= 4 is 28.1 Å². The van der Waals surface area contributed by atoms with Crippen LogP contribution in [0.4, 0.5) is 32.0 Å². The largest absolute Gasteiger partial charge is 0.416 e. The number of benzene rings is 3. The Bertz CT molecular complexity index is 1410. The molecule has 0 atom stereocenters. The van der Waals surface area contributed by atoms with Crippen molar-refractivity contribution in [2.75, 3.05) is 5.32 Å². The zero-order valence-electron chi connectivity index (χ0n) is 18.9. The molecule has 0 spiro atoms. The number of carbonyl (C=O) groups is 1. The van der Waals surface area contributed by atoms with Gasteiger partial charge in [-0.2, -0.15) is 26.3 Å². The van der Waals surface area contributed by atoms with E-state index < -0.39 is 29.4 Å². The predicted octanol–water partition coefficient (Wildman–Crippen LogP) is 7.90. The van der Waals surface area contributed by atoms with Crippen LogP contribution in [0, 0.1) is 0 Å². The van der Waals surface area contributed by atoms with Crippen molar-refractivity contribution in [1.29, 1.82) is 0 Å². The maximum Gasteiger partial charge on any atom is 0.416 e. The Hall–Kier alpha value is -4.40. The number of allylic oxidation sites excluding steroid dienone is 2. The highest BCUT2D eigenvalue weighted by Crippen LogP contribution is 2.33. The first-order valence-electron chi connectivity index (χ1n) is 10.9. The smallest absolute Gasteiger partial charge is 0.322 e. The fourth-order valence-corrected chi connectivity index (χ4v) is 3.61. The third kappa shape index (κ3) is 6.43. The van der Waals surface area contributed by atoms with Gasteiger partial charge in [-0.25, -0.2) is 0 Å². The summed E-state index contributed by atoms with van der Waals surface area (Å²) in [7, 11) is 0. The van der Waals surface area contributed by atoms with Crippen molar-refractivity contribution in [3.63, 3.8) is 0 Å². The number of hydrogen-bond acceptors (Lipinski definition) is 2. The molecule has 0 bridgehead atoms. The van der Waals surface area contributed by atoms with Crippen molar-refractivity contribution < 1.29 is 31.1 Å². The second-order valence-corrected chi connectivity index (χ2v) is 7.99. The SMILES string of the molecule is O=C(/C=C/C=C(c1ccc(C(F)(F)F)cc1)c1ccc(C(F)(F)F)cc1)Nc1ccc2ncccc2c1. The highest BCUT2D eigenvalue weighted by molar-refractivity contribution is 6.01. The zero-order valence-corrected chi connectivity index (χ0v) is 18.9. The Morgan fingerprint density at radius 2 is 1.32 bits per heavy atom. The van der Waals surface area contributed by atoms with E-state index in [0.717, 1.165) is 35.2 Å². The Balaban J connectivity index is 1.60. The molecule has 0 unspecified atom stereocenters. The van der Waals surface area contributed by atoms with Crippen LogP contribution in [0.5, 0.6) is 0 Å². The first-order chi connectivity index (χ1) is 17.5. The molecular formula is C28H18F6N2O. The van der Waals surface area contributed by atoms with Crippen molar-refractivity contribution in [3.8, 4) is 0 Å². The number of nitrogens with one attached hydrogen (secondary N) is 1. The molecule has 37 heavy (non-hydrogen) atoms. The summed E-state index contributed by atoms with van der Waals surface area (Å²) < 4.78 is 77.9. The van der Waals surface area contributed by atoms with Crippen LogP contribution < -0.4 is 5.32 Å². The number of nitrogens with zero attached hydrogens (tertiary/aromatic N) is 1. The quantitative estimate of drug-likeness (QED) is 0.168. The molecule has 1 aromatic heterocycles. The van der Waals surface area contributed by atoms with Crippen LogP contribution in [0.2, 0.25) is 0 Å². The number of fused-ring (bicyclic) bond motifs is 1. The summed E-state index contributed by atoms with van der Waals surface area (Å²) >= 11 is 0. The molecule has 0 aliphatic carbocycles. The average molecular weight is 512 g/mol. The number of hydrogen-bond donors (Lipinski definition) is 1. The normalized spacial score (nSPS) is 12.1. The molecule has 0 aliphatic rings. The van der Waals surface area contributed by atoms with E-state index >= 15 is 0 Å². The van der Waals surface area contributed by atoms with E-state index in [2.05, 4.69) is 10.3 Å². The third-order valence-electron chi connectivity index (χ3n) is 5.43. The van der Waals surface area contributed by atoms with E-state index in [-0.39, 0.29) is 0 Å². The monoisotopic (exact) mass is 512 g/mol. The van der Waals surface area contributed by atoms with Gasteiger partial charge in [0.2, 0.25) is 5.91 Å². The van der Waals surface area contributed by atoms with Gasteiger partial charge in [-0.3, -0.25) is 9.78 Å². The molecule has 9 heteroatoms. The lowest BCUT2D eigenvalue weighted by Gasteiger charge is -2.12. The van der Waals surface area contributed by atoms with Crippen LogP contribution in [0.1, 0.15) is 22.3 Å². The van der Waals surface area contributed by atoms with Crippen LogP contribution in [-0.4, -0.2) is 10.9 Å². The lowest BCUT2D eigenvalue weighted by Crippen LogP contribution is -2.07. The lowest BCUT2D eigenvalue weighted by atomic mass is 9.95. The van der Waals surface area contributed by atoms with Crippen LogP contribution in [0.25, 0.3) is 16.5 Å². The molecule has 0 saturated carbocycles. The van der Waals surface area contributed by atoms with Gasteiger partial charge in [0.15, 0.2) is 0 Å². The fraction of sp³-hybridized carbons (Fsp3) is 0.0714. The number of pyridine rings is 1. The van der Waals surface area contributed by atoms with Gasteiger partial charge in [0.1, 0.15) is 0 Å². The van der Waals surface area contributed by atoms with E-state index in [4.69, 9.17) is 0 Å². The molecule has 1 amide bonds. The van der Waals surface area contributed by atoms with Crippen molar-refractivity contribution in [3.05, 3.63) is 126 Å². The van der Waals surface area contributed by atoms with Crippen molar-refractivity contribution in [2.24, 2.45) is 0 Å². The van der Waals surface area contributed by atoms with E-state index in [0.29, 0.717) is 22.4 Å². The van der Waals surface area contributed by atoms with Crippen LogP contribution in [0.3, 0.4) is 0 Å². The van der Waals surface area contributed by atoms with Gasteiger partial charge < -0.3 is 5.32 Å². The second-order valence-electron chi connectivity index (χ2n) is 7.99. The van der Waals surface area contributed by atoms with Crippen LogP contribution in [0.15, 0.2) is 103 Å². The minimum Gasteiger partial charge on any atom is -0.322 e. The van der Waals surface area contributed by atoms with Crippen molar-refractivity contribution in [2.45, 2.75) is 12.4 Å². The molecular weight excluding hydrogens is 494 g/mol. The minimum absolute atomic E-state index is 0.333. The number of alkyl halides is 6. The van der Waals surface area contributed by atoms with Crippen molar-refractivity contribution in [1.82, 2.24) is 4.98 Å². The lowest BCUT2D eigenvalue weighted by molar-refractivity contribution is -0.138. The molecule has 188 valence electrons. The molecule has 0 fully saturated rings. The zero-order chi connectivity index (χ0) is 26.6. The molecule has 3 aromatic carbocycles. The number of rotatable bonds is 5. The molecule has 0 saturated heterocycles. The van der Waals surface area contributed by atoms with Gasteiger partial charge >= 0.3 is 12.4 Å². The van der Waals surface area contributed by atoms with E-state index in [1.54, 1.807) is 30.5 Å². The minimum atomic E-state index is -4.53. The third-order valence-corrected chi connectivity index (χ3v) is 5.43. The second kappa shape index (κ2) is 10.3. The van der Waals surface area contributed by atoms with Gasteiger partial charge in [-0.15, -0.1) is 0 Å². The Morgan fingerprint density at radius 3 is 1.86 bits per heavy atom. The summed E-state index contributed by atoms with van der Waals surface area (Å²) in [6.45, 7) is 0. The summed E-state index contributed by atoms with van der Waals surface area (Å²) in [5, 5.41) is 3.53. The number of aromatic nitrogens is 1. The summed E-state index contributed by atoms with van der Waals surface area (Å²) in [5.41, 5.74) is 0.580. The number of anilines is 1. The number of amides is 1. The fourth-order valence-electron chi connectivity index (χ4n) is 3.61. The topological polar surface area (TPSA) is 42.0 Å². The molecule has 4 rings (SSSR count). The Morgan fingerprint density at radius 1 is 0.757 bits per heavy atom. The van der Waals surface area contributed by atoms with E-state index in [9.17, 15) is 31.1 Å². The summed E-state index contributed by atoms with van der Waals surface area (Å²) in [5.74, 6) is -0.473. The molecule has 0 aliphatic heterocycles. The highest BCUT2D eigenvalue weighted by atomic mass is 19.4. The van der Waals surface area contributed by atoms with Crippen LogP contribution in [-0.2, 0) is 17.1 Å². The number of carbonyl (C=O) groups excluding carboxylic acids is 1. The number of halogens is 6. The van der Waals surface area contributed by atoms with Gasteiger partial charge in [-0.1, -0.05) is 42.5 Å². The van der Waals surface area contributed by atoms with Gasteiger partial charge in [0, 0.05) is 23.3 Å². The van der Waals surface area contributed by atoms with E-state index in [1.165, 1.54) is 42.5 Å². The average Bonchev–Trinajstić information content (AvgIpc) is 2.86. The Kier molecular flexibility index (Phi) is 7.15. The predicted molar refractivity (Wildman–Crippen MR) is 129 cm³/mol. The molecule has 3 nitrogen and oxygen atoms in total. The Labute approximate surface area is 207 Å². The molecule has 1 heterocycles. The summed E-state index contributed by atoms with van der Waals surface area (Å²) in [6, 6.07) is 17.3. The highest BCUT2D eigenvalue weighted by Gasteiger charge is 2.31. The summed E-state index contributed by atoms with van der Waals surface area (Å²) in [6.07, 6.45) is -3.37.